The standard InChI is InChI=1S/C11H16.C6H6.C3H6O.C3H8.CH4O/c1-4-6-8-10-11(3)9-7-5-2;1-2-4-6-5-3-1;1-2-3-4;1-3-2;1-2/h4,6-10H,1,5H2,2-3H3;1-6H;2,4H,1,3H2;3H2,1-2H3;2H,1H3/b8-6+,9-7+,11-10+;;;;. The van der Waals surface area contributed by atoms with E-state index in [2.05, 4.69) is 59.1 Å². The van der Waals surface area contributed by atoms with Crippen LogP contribution in [0.3, 0.4) is 0 Å². The van der Waals surface area contributed by atoms with Crippen molar-refractivity contribution in [2.24, 2.45) is 0 Å². The molecule has 148 valence electrons. The zero-order valence-corrected chi connectivity index (χ0v) is 17.4. The van der Waals surface area contributed by atoms with Crippen LogP contribution >= 0.6 is 0 Å². The van der Waals surface area contributed by atoms with Gasteiger partial charge in [-0.3, -0.25) is 0 Å². The van der Waals surface area contributed by atoms with E-state index in [-0.39, 0.29) is 6.61 Å². The van der Waals surface area contributed by atoms with Crippen molar-refractivity contribution >= 4 is 0 Å². The average Bonchev–Trinajstić information content (AvgIpc) is 2.71. The Hall–Kier alpha value is -2.16. The van der Waals surface area contributed by atoms with E-state index < -0.39 is 0 Å². The van der Waals surface area contributed by atoms with Crippen molar-refractivity contribution in [1.82, 2.24) is 0 Å². The third-order valence-corrected chi connectivity index (χ3v) is 2.02. The number of rotatable bonds is 5. The first kappa shape index (κ1) is 31.6. The van der Waals surface area contributed by atoms with E-state index in [0.29, 0.717) is 0 Å². The Balaban J connectivity index is -0.000000135. The molecule has 0 aliphatic carbocycles. The van der Waals surface area contributed by atoms with Gasteiger partial charge in [-0.25, -0.2) is 0 Å². The quantitative estimate of drug-likeness (QED) is 0.463. The minimum Gasteiger partial charge on any atom is -0.400 e. The van der Waals surface area contributed by atoms with Gasteiger partial charge in [0.25, 0.3) is 0 Å². The maximum atomic E-state index is 7.76. The van der Waals surface area contributed by atoms with Crippen LogP contribution in [0.2, 0.25) is 0 Å². The largest absolute Gasteiger partial charge is 0.400 e. The van der Waals surface area contributed by atoms with E-state index in [4.69, 9.17) is 10.2 Å². The Morgan fingerprint density at radius 3 is 1.54 bits per heavy atom. The Morgan fingerprint density at radius 1 is 0.885 bits per heavy atom. The van der Waals surface area contributed by atoms with Crippen LogP contribution < -0.4 is 0 Å². The molecule has 1 rings (SSSR count). The number of allylic oxidation sites excluding steroid dienone is 7. The fraction of sp³-hybridized carbons (Fsp3) is 0.333. The van der Waals surface area contributed by atoms with Crippen molar-refractivity contribution in [3.8, 4) is 0 Å². The minimum atomic E-state index is 0.0833. The van der Waals surface area contributed by atoms with Gasteiger partial charge >= 0.3 is 0 Å². The van der Waals surface area contributed by atoms with Gasteiger partial charge in [-0.1, -0.05) is 118 Å². The van der Waals surface area contributed by atoms with E-state index in [1.54, 1.807) is 6.08 Å². The average molecular weight is 361 g/mol. The van der Waals surface area contributed by atoms with Gasteiger partial charge in [0.2, 0.25) is 0 Å². The Kier molecular flexibility index (Phi) is 46.7. The summed E-state index contributed by atoms with van der Waals surface area (Å²) in [5.74, 6) is 0. The number of aliphatic hydroxyl groups excluding tert-OH is 2. The molecule has 0 bridgehead atoms. The van der Waals surface area contributed by atoms with Crippen LogP contribution in [0.4, 0.5) is 0 Å². The molecule has 0 atom stereocenters. The monoisotopic (exact) mass is 360 g/mol. The lowest BCUT2D eigenvalue weighted by atomic mass is 10.2. The molecular formula is C24H40O2. The maximum Gasteiger partial charge on any atom is 0.0609 e. The number of hydrogen-bond acceptors (Lipinski definition) is 2. The van der Waals surface area contributed by atoms with Crippen LogP contribution in [-0.2, 0) is 0 Å². The molecule has 0 radical (unpaired) electrons. The van der Waals surface area contributed by atoms with Gasteiger partial charge in [0.1, 0.15) is 0 Å². The highest BCUT2D eigenvalue weighted by Gasteiger charge is 1.75. The van der Waals surface area contributed by atoms with E-state index in [0.717, 1.165) is 13.5 Å². The second-order valence-electron chi connectivity index (χ2n) is 4.67. The van der Waals surface area contributed by atoms with Gasteiger partial charge in [-0.15, -0.1) is 6.58 Å². The summed E-state index contributed by atoms with van der Waals surface area (Å²) in [6.07, 6.45) is 15.8. The lowest BCUT2D eigenvalue weighted by molar-refractivity contribution is 0.343. The lowest BCUT2D eigenvalue weighted by Gasteiger charge is -1.85. The first-order valence-corrected chi connectivity index (χ1v) is 8.93. The molecule has 1 aromatic carbocycles. The zero-order valence-electron chi connectivity index (χ0n) is 17.4. The molecule has 0 aliphatic heterocycles. The van der Waals surface area contributed by atoms with Gasteiger partial charge in [0, 0.05) is 7.11 Å². The van der Waals surface area contributed by atoms with Crippen LogP contribution in [0.1, 0.15) is 40.5 Å². The van der Waals surface area contributed by atoms with Gasteiger partial charge in [-0.05, 0) is 13.3 Å². The summed E-state index contributed by atoms with van der Waals surface area (Å²) in [6, 6.07) is 12.0. The summed E-state index contributed by atoms with van der Waals surface area (Å²) in [5.41, 5.74) is 1.27. The molecule has 26 heavy (non-hydrogen) atoms. The predicted molar refractivity (Wildman–Crippen MR) is 120 cm³/mol. The molecule has 1 aromatic rings. The second kappa shape index (κ2) is 38.4. The first-order valence-electron chi connectivity index (χ1n) is 8.93. The smallest absolute Gasteiger partial charge is 0.0609 e. The fourth-order valence-corrected chi connectivity index (χ4v) is 1.03. The van der Waals surface area contributed by atoms with Crippen molar-refractivity contribution in [3.05, 3.63) is 97.7 Å². The molecule has 0 aromatic heterocycles. The van der Waals surface area contributed by atoms with Crippen molar-refractivity contribution in [1.29, 1.82) is 0 Å². The fourth-order valence-electron chi connectivity index (χ4n) is 1.03. The third-order valence-electron chi connectivity index (χ3n) is 2.02. The highest BCUT2D eigenvalue weighted by molar-refractivity contribution is 5.22. The third kappa shape index (κ3) is 49.5. The van der Waals surface area contributed by atoms with Crippen LogP contribution in [0.15, 0.2) is 97.7 Å². The normalized spacial score (nSPS) is 9.27. The van der Waals surface area contributed by atoms with Crippen LogP contribution in [0.25, 0.3) is 0 Å². The first-order chi connectivity index (χ1) is 12.6. The molecule has 2 N–H and O–H groups in total. The summed E-state index contributed by atoms with van der Waals surface area (Å²) in [4.78, 5) is 0. The molecule has 0 heterocycles. The molecular weight excluding hydrogens is 320 g/mol. The van der Waals surface area contributed by atoms with Gasteiger partial charge in [0.05, 0.1) is 6.61 Å². The summed E-state index contributed by atoms with van der Waals surface area (Å²) in [7, 11) is 1.00. The van der Waals surface area contributed by atoms with E-state index >= 15 is 0 Å². The summed E-state index contributed by atoms with van der Waals surface area (Å²) in [6.45, 7) is 15.4. The van der Waals surface area contributed by atoms with Crippen molar-refractivity contribution in [2.45, 2.75) is 40.5 Å². The Labute approximate surface area is 162 Å². The molecule has 0 unspecified atom stereocenters. The predicted octanol–water partition coefficient (Wildman–Crippen LogP) is 6.52. The zero-order chi connectivity index (χ0) is 20.9. The number of hydrogen-bond donors (Lipinski definition) is 2. The van der Waals surface area contributed by atoms with E-state index in [1.165, 1.54) is 18.1 Å². The molecule has 0 spiro atoms. The molecule has 0 saturated heterocycles. The lowest BCUT2D eigenvalue weighted by Crippen LogP contribution is -1.64. The maximum absolute atomic E-state index is 7.76. The van der Waals surface area contributed by atoms with Crippen molar-refractivity contribution in [2.75, 3.05) is 13.7 Å². The van der Waals surface area contributed by atoms with Crippen LogP contribution in [-0.4, -0.2) is 23.9 Å². The second-order valence-corrected chi connectivity index (χ2v) is 4.67. The van der Waals surface area contributed by atoms with Crippen LogP contribution in [0.5, 0.6) is 0 Å². The molecule has 0 fully saturated rings. The van der Waals surface area contributed by atoms with E-state index in [1.807, 2.05) is 48.6 Å². The topological polar surface area (TPSA) is 40.5 Å². The van der Waals surface area contributed by atoms with Crippen molar-refractivity contribution < 1.29 is 10.2 Å². The van der Waals surface area contributed by atoms with E-state index in [9.17, 15) is 0 Å². The van der Waals surface area contributed by atoms with Gasteiger partial charge < -0.3 is 10.2 Å². The molecule has 2 heteroatoms. The number of aliphatic hydroxyl groups is 2. The van der Waals surface area contributed by atoms with Crippen molar-refractivity contribution in [3.63, 3.8) is 0 Å². The molecule has 0 amide bonds. The Bertz CT molecular complexity index is 402. The SMILES string of the molecule is C=C/C=C/C=C(C)/C=C/CC.C=CCO.CCC.CO.c1ccccc1. The number of benzene rings is 1. The molecule has 2 nitrogen and oxygen atoms in total. The van der Waals surface area contributed by atoms with Gasteiger partial charge in [-0.2, -0.15) is 0 Å². The molecule has 0 saturated carbocycles. The summed E-state index contributed by atoms with van der Waals surface area (Å²) >= 11 is 0. The molecule has 0 aliphatic rings. The summed E-state index contributed by atoms with van der Waals surface area (Å²) in [5, 5.41) is 14.8. The Morgan fingerprint density at radius 2 is 1.27 bits per heavy atom. The minimum absolute atomic E-state index is 0.0833. The summed E-state index contributed by atoms with van der Waals surface area (Å²) < 4.78 is 0. The highest BCUT2D eigenvalue weighted by atomic mass is 16.2. The highest BCUT2D eigenvalue weighted by Crippen LogP contribution is 1.96. The van der Waals surface area contributed by atoms with Gasteiger partial charge in [0.15, 0.2) is 0 Å². The van der Waals surface area contributed by atoms with Crippen LogP contribution in [0, 0.1) is 0 Å².